The Hall–Kier alpha value is -2.40. The van der Waals surface area contributed by atoms with E-state index >= 15 is 0 Å². The molecule has 0 radical (unpaired) electrons. The van der Waals surface area contributed by atoms with E-state index < -0.39 is 12.0 Å². The van der Waals surface area contributed by atoms with Crippen LogP contribution in [0.5, 0.6) is 5.75 Å². The Balaban J connectivity index is 2.22. The zero-order valence-electron chi connectivity index (χ0n) is 11.1. The van der Waals surface area contributed by atoms with Crippen LogP contribution >= 0.6 is 0 Å². The number of aliphatic carboxylic acids is 1. The van der Waals surface area contributed by atoms with Crippen molar-refractivity contribution in [3.63, 3.8) is 0 Å². The Bertz CT molecular complexity index is 596. The molecule has 0 fully saturated rings. The van der Waals surface area contributed by atoms with Gasteiger partial charge in [-0.2, -0.15) is 0 Å². The van der Waals surface area contributed by atoms with Crippen molar-refractivity contribution >= 4 is 5.97 Å². The normalized spacial score (nSPS) is 11.9. The highest BCUT2D eigenvalue weighted by Gasteiger charge is 2.12. The molecule has 0 saturated carbocycles. The molecular formula is C15H16N2O3. The number of hydrogen-bond donors (Lipinski definition) is 2. The molecule has 1 aromatic carbocycles. The molecule has 3 N–H and O–H groups in total. The molecule has 20 heavy (non-hydrogen) atoms. The van der Waals surface area contributed by atoms with E-state index in [1.54, 1.807) is 19.5 Å². The summed E-state index contributed by atoms with van der Waals surface area (Å²) in [5, 5.41) is 8.80. The minimum atomic E-state index is -0.995. The number of ether oxygens (including phenoxy) is 1. The average molecular weight is 272 g/mol. The Morgan fingerprint density at radius 2 is 2.05 bits per heavy atom. The van der Waals surface area contributed by atoms with Crippen molar-refractivity contribution in [3.05, 3.63) is 48.3 Å². The fraction of sp³-hybridized carbons (Fsp3) is 0.200. The standard InChI is InChI=1S/C15H16N2O3/c1-20-14-9-17-7-6-12(14)11-4-2-10(3-5-11)8-13(16)15(18)19/h2-7,9,13H,8,16H2,1H3,(H,18,19)/t13-/m0/s1. The van der Waals surface area contributed by atoms with Crippen LogP contribution in [0, 0.1) is 0 Å². The Labute approximate surface area is 117 Å². The molecule has 0 spiro atoms. The number of carbonyl (C=O) groups is 1. The molecule has 1 atom stereocenters. The highest BCUT2D eigenvalue weighted by molar-refractivity contribution is 5.74. The maximum atomic E-state index is 10.7. The van der Waals surface area contributed by atoms with Crippen LogP contribution in [-0.4, -0.2) is 29.2 Å². The summed E-state index contributed by atoms with van der Waals surface area (Å²) in [7, 11) is 1.60. The topological polar surface area (TPSA) is 85.4 Å². The lowest BCUT2D eigenvalue weighted by atomic mass is 10.0. The van der Waals surface area contributed by atoms with Gasteiger partial charge in [-0.3, -0.25) is 9.78 Å². The van der Waals surface area contributed by atoms with E-state index in [-0.39, 0.29) is 0 Å². The largest absolute Gasteiger partial charge is 0.494 e. The van der Waals surface area contributed by atoms with E-state index in [1.807, 2.05) is 30.3 Å². The van der Waals surface area contributed by atoms with Crippen molar-refractivity contribution in [1.29, 1.82) is 0 Å². The second kappa shape index (κ2) is 6.16. The summed E-state index contributed by atoms with van der Waals surface area (Å²) >= 11 is 0. The van der Waals surface area contributed by atoms with Gasteiger partial charge < -0.3 is 15.6 Å². The van der Waals surface area contributed by atoms with Crippen molar-refractivity contribution in [2.75, 3.05) is 7.11 Å². The molecule has 2 rings (SSSR count). The third-order valence-corrected chi connectivity index (χ3v) is 3.04. The minimum absolute atomic E-state index is 0.309. The zero-order chi connectivity index (χ0) is 14.5. The molecule has 0 bridgehead atoms. The number of hydrogen-bond acceptors (Lipinski definition) is 4. The molecule has 0 saturated heterocycles. The second-order valence-corrected chi connectivity index (χ2v) is 4.42. The first-order valence-corrected chi connectivity index (χ1v) is 6.17. The number of nitrogens with zero attached hydrogens (tertiary/aromatic N) is 1. The summed E-state index contributed by atoms with van der Waals surface area (Å²) in [6, 6.07) is 8.58. The van der Waals surface area contributed by atoms with Crippen molar-refractivity contribution < 1.29 is 14.6 Å². The summed E-state index contributed by atoms with van der Waals surface area (Å²) in [6.45, 7) is 0. The Morgan fingerprint density at radius 1 is 1.35 bits per heavy atom. The van der Waals surface area contributed by atoms with Crippen LogP contribution in [-0.2, 0) is 11.2 Å². The van der Waals surface area contributed by atoms with Crippen molar-refractivity contribution in [3.8, 4) is 16.9 Å². The van der Waals surface area contributed by atoms with Crippen LogP contribution in [0.25, 0.3) is 11.1 Å². The molecule has 1 aromatic heterocycles. The number of nitrogens with two attached hydrogens (primary N) is 1. The molecule has 0 amide bonds. The highest BCUT2D eigenvalue weighted by atomic mass is 16.5. The number of carboxylic acids is 1. The summed E-state index contributed by atoms with van der Waals surface area (Å²) < 4.78 is 5.27. The third kappa shape index (κ3) is 3.13. The summed E-state index contributed by atoms with van der Waals surface area (Å²) in [5.74, 6) is -0.299. The lowest BCUT2D eigenvalue weighted by Gasteiger charge is -2.10. The van der Waals surface area contributed by atoms with E-state index in [4.69, 9.17) is 15.6 Å². The lowest BCUT2D eigenvalue weighted by molar-refractivity contribution is -0.138. The van der Waals surface area contributed by atoms with Gasteiger partial charge in [0.1, 0.15) is 11.8 Å². The fourth-order valence-corrected chi connectivity index (χ4v) is 1.94. The lowest BCUT2D eigenvalue weighted by Crippen LogP contribution is -2.32. The van der Waals surface area contributed by atoms with Crippen LogP contribution in [0.3, 0.4) is 0 Å². The van der Waals surface area contributed by atoms with E-state index in [9.17, 15) is 4.79 Å². The van der Waals surface area contributed by atoms with Gasteiger partial charge in [-0.1, -0.05) is 24.3 Å². The van der Waals surface area contributed by atoms with Crippen molar-refractivity contribution in [1.82, 2.24) is 4.98 Å². The summed E-state index contributed by atoms with van der Waals surface area (Å²) in [5.41, 5.74) is 8.33. The quantitative estimate of drug-likeness (QED) is 0.865. The molecule has 104 valence electrons. The first-order chi connectivity index (χ1) is 9.61. The number of aromatic nitrogens is 1. The maximum absolute atomic E-state index is 10.7. The second-order valence-electron chi connectivity index (χ2n) is 4.42. The molecule has 0 aliphatic carbocycles. The van der Waals surface area contributed by atoms with Gasteiger partial charge >= 0.3 is 5.97 Å². The van der Waals surface area contributed by atoms with Gasteiger partial charge in [-0.05, 0) is 23.6 Å². The number of benzene rings is 1. The number of methoxy groups -OCH3 is 1. The van der Waals surface area contributed by atoms with E-state index in [2.05, 4.69) is 4.98 Å². The molecule has 0 aliphatic heterocycles. The van der Waals surface area contributed by atoms with Gasteiger partial charge in [0, 0.05) is 11.8 Å². The first-order valence-electron chi connectivity index (χ1n) is 6.17. The SMILES string of the molecule is COc1cnccc1-c1ccc(C[C@H](N)C(=O)O)cc1. The fourth-order valence-electron chi connectivity index (χ4n) is 1.94. The molecule has 0 unspecified atom stereocenters. The van der Waals surface area contributed by atoms with Gasteiger partial charge in [-0.15, -0.1) is 0 Å². The third-order valence-electron chi connectivity index (χ3n) is 3.04. The maximum Gasteiger partial charge on any atom is 0.320 e. The molecule has 2 aromatic rings. The van der Waals surface area contributed by atoms with Crippen LogP contribution in [0.4, 0.5) is 0 Å². The van der Waals surface area contributed by atoms with Crippen LogP contribution in [0.1, 0.15) is 5.56 Å². The van der Waals surface area contributed by atoms with E-state index in [0.717, 1.165) is 16.7 Å². The highest BCUT2D eigenvalue weighted by Crippen LogP contribution is 2.28. The van der Waals surface area contributed by atoms with Gasteiger partial charge in [0.25, 0.3) is 0 Å². The number of carboxylic acid groups (broad SMARTS) is 1. The average Bonchev–Trinajstić information content (AvgIpc) is 2.48. The van der Waals surface area contributed by atoms with Crippen molar-refractivity contribution in [2.24, 2.45) is 5.73 Å². The molecule has 5 heteroatoms. The smallest absolute Gasteiger partial charge is 0.320 e. The van der Waals surface area contributed by atoms with Gasteiger partial charge in [0.05, 0.1) is 13.3 Å². The minimum Gasteiger partial charge on any atom is -0.494 e. The van der Waals surface area contributed by atoms with E-state index in [0.29, 0.717) is 12.2 Å². The Kier molecular flexibility index (Phi) is 4.32. The molecule has 0 aliphatic rings. The van der Waals surface area contributed by atoms with Gasteiger partial charge in [-0.25, -0.2) is 0 Å². The molecule has 5 nitrogen and oxygen atoms in total. The van der Waals surface area contributed by atoms with Gasteiger partial charge in [0.2, 0.25) is 0 Å². The Morgan fingerprint density at radius 3 is 2.65 bits per heavy atom. The van der Waals surface area contributed by atoms with Crippen LogP contribution in [0.2, 0.25) is 0 Å². The first kappa shape index (κ1) is 14.0. The zero-order valence-corrected chi connectivity index (χ0v) is 11.1. The monoisotopic (exact) mass is 272 g/mol. The van der Waals surface area contributed by atoms with Gasteiger partial charge in [0.15, 0.2) is 0 Å². The summed E-state index contributed by atoms with van der Waals surface area (Å²) in [4.78, 5) is 14.7. The number of pyridine rings is 1. The van der Waals surface area contributed by atoms with E-state index in [1.165, 1.54) is 0 Å². The predicted octanol–water partition coefficient (Wildman–Crippen LogP) is 1.71. The van der Waals surface area contributed by atoms with Crippen molar-refractivity contribution in [2.45, 2.75) is 12.5 Å². The van der Waals surface area contributed by atoms with Crippen LogP contribution in [0.15, 0.2) is 42.7 Å². The molecule has 1 heterocycles. The predicted molar refractivity (Wildman–Crippen MR) is 75.5 cm³/mol. The van der Waals surface area contributed by atoms with Crippen LogP contribution < -0.4 is 10.5 Å². The molecular weight excluding hydrogens is 256 g/mol. The summed E-state index contributed by atoms with van der Waals surface area (Å²) in [6.07, 6.45) is 3.67. The number of rotatable bonds is 5.